The summed E-state index contributed by atoms with van der Waals surface area (Å²) in [7, 11) is -2.01. The summed E-state index contributed by atoms with van der Waals surface area (Å²) in [6.07, 6.45) is 2.22. The molecule has 0 saturated carbocycles. The van der Waals surface area contributed by atoms with Gasteiger partial charge in [-0.2, -0.15) is 4.31 Å². The molecule has 0 fully saturated rings. The predicted molar refractivity (Wildman–Crippen MR) is 151 cm³/mol. The Morgan fingerprint density at radius 3 is 2.20 bits per heavy atom. The van der Waals surface area contributed by atoms with Crippen LogP contribution < -0.4 is 0 Å². The molecule has 8 nitrogen and oxygen atoms in total. The van der Waals surface area contributed by atoms with E-state index in [0.717, 1.165) is 18.2 Å². The van der Waals surface area contributed by atoms with Crippen molar-refractivity contribution in [3.8, 4) is 0 Å². The van der Waals surface area contributed by atoms with Gasteiger partial charge in [-0.15, -0.1) is 0 Å². The van der Waals surface area contributed by atoms with Gasteiger partial charge in [-0.3, -0.25) is 0 Å². The molecule has 0 N–H and O–H groups in total. The van der Waals surface area contributed by atoms with Crippen LogP contribution in [0.3, 0.4) is 0 Å². The number of esters is 2. The molecule has 0 aliphatic carbocycles. The summed E-state index contributed by atoms with van der Waals surface area (Å²) in [5.41, 5.74) is 2.12. The van der Waals surface area contributed by atoms with E-state index in [1.54, 1.807) is 42.6 Å². The maximum absolute atomic E-state index is 14.6. The fourth-order valence-corrected chi connectivity index (χ4v) is 7.02. The van der Waals surface area contributed by atoms with Gasteiger partial charge in [-0.1, -0.05) is 71.2 Å². The van der Waals surface area contributed by atoms with Crippen LogP contribution in [0.5, 0.6) is 0 Å². The summed E-state index contributed by atoms with van der Waals surface area (Å²) in [4.78, 5) is 28.3. The fraction of sp³-hybridized carbons (Fsp3) is 0.172. The number of hydrogen-bond donors (Lipinski definition) is 0. The highest BCUT2D eigenvalue weighted by atomic mass is 35.5. The standard InChI is InChI=1S/C29H24Cl2N2O6S/c1-17-8-11-20(12-9-17)40(36,37)33-25(19-10-13-22(30)23(31)16-19)24(28(34)38-2)26(29(35)39-3)32-15-14-18-6-4-5-7-21(18)27(32)33/h4-16,25,27H,1-3H3/t25-,27-/m0/s1. The number of fused-ring (bicyclic) bond motifs is 3. The average Bonchev–Trinajstić information content (AvgIpc) is 2.96. The summed E-state index contributed by atoms with van der Waals surface area (Å²) >= 11 is 12.6. The molecule has 0 bridgehead atoms. The molecule has 0 saturated heterocycles. The van der Waals surface area contributed by atoms with E-state index in [0.29, 0.717) is 11.1 Å². The number of benzene rings is 3. The van der Waals surface area contributed by atoms with E-state index in [1.807, 2.05) is 19.1 Å². The van der Waals surface area contributed by atoms with E-state index in [9.17, 15) is 18.0 Å². The zero-order valence-electron chi connectivity index (χ0n) is 21.7. The summed E-state index contributed by atoms with van der Waals surface area (Å²) in [5, 5.41) is 0.376. The van der Waals surface area contributed by atoms with Gasteiger partial charge < -0.3 is 14.4 Å². The van der Waals surface area contributed by atoms with Gasteiger partial charge in [0.2, 0.25) is 10.0 Å². The van der Waals surface area contributed by atoms with Gasteiger partial charge in [0.05, 0.1) is 40.8 Å². The minimum absolute atomic E-state index is 0.000813. The molecule has 3 aromatic rings. The molecule has 0 amide bonds. The normalized spacial score (nSPS) is 18.7. The molecule has 5 rings (SSSR count). The number of carbonyl (C=O) groups is 2. The molecule has 2 heterocycles. The first-order valence-corrected chi connectivity index (χ1v) is 14.3. The molecule has 11 heteroatoms. The first-order chi connectivity index (χ1) is 19.1. The van der Waals surface area contributed by atoms with E-state index in [4.69, 9.17) is 32.7 Å². The Labute approximate surface area is 242 Å². The summed E-state index contributed by atoms with van der Waals surface area (Å²) in [6, 6.07) is 16.8. The monoisotopic (exact) mass is 598 g/mol. The first kappa shape index (κ1) is 27.9. The van der Waals surface area contributed by atoms with Gasteiger partial charge in [-0.25, -0.2) is 18.0 Å². The number of nitrogens with zero attached hydrogens (tertiary/aromatic N) is 2. The molecule has 2 atom stereocenters. The van der Waals surface area contributed by atoms with Crippen molar-refractivity contribution in [3.63, 3.8) is 0 Å². The number of sulfonamides is 1. The van der Waals surface area contributed by atoms with Crippen LogP contribution in [0, 0.1) is 6.92 Å². The Bertz CT molecular complexity index is 1680. The largest absolute Gasteiger partial charge is 0.466 e. The highest BCUT2D eigenvalue weighted by Gasteiger charge is 2.53. The van der Waals surface area contributed by atoms with Gasteiger partial charge in [0, 0.05) is 6.20 Å². The van der Waals surface area contributed by atoms with E-state index in [2.05, 4.69) is 0 Å². The third kappa shape index (κ3) is 4.58. The van der Waals surface area contributed by atoms with Crippen molar-refractivity contribution in [1.82, 2.24) is 9.21 Å². The third-order valence-electron chi connectivity index (χ3n) is 6.87. The highest BCUT2D eigenvalue weighted by molar-refractivity contribution is 7.89. The second kappa shape index (κ2) is 10.7. The summed E-state index contributed by atoms with van der Waals surface area (Å²) < 4.78 is 40.7. The molecule has 0 unspecified atom stereocenters. The number of hydrogen-bond acceptors (Lipinski definition) is 7. The molecule has 0 radical (unpaired) electrons. The molecule has 0 spiro atoms. The number of methoxy groups -OCH3 is 2. The number of aryl methyl sites for hydroxylation is 1. The lowest BCUT2D eigenvalue weighted by Crippen LogP contribution is -2.52. The molecule has 0 aromatic heterocycles. The quantitative estimate of drug-likeness (QED) is 0.351. The minimum Gasteiger partial charge on any atom is -0.466 e. The molecule has 2 aliphatic rings. The van der Waals surface area contributed by atoms with Gasteiger partial charge in [0.1, 0.15) is 11.9 Å². The van der Waals surface area contributed by atoms with Gasteiger partial charge >= 0.3 is 11.9 Å². The van der Waals surface area contributed by atoms with Crippen molar-refractivity contribution in [2.24, 2.45) is 0 Å². The Morgan fingerprint density at radius 2 is 1.55 bits per heavy atom. The smallest absolute Gasteiger partial charge is 0.355 e. The number of carbonyl (C=O) groups excluding carboxylic acids is 2. The Kier molecular flexibility index (Phi) is 7.50. The number of rotatable bonds is 5. The van der Waals surface area contributed by atoms with Crippen LogP contribution in [-0.2, 0) is 29.1 Å². The second-order valence-electron chi connectivity index (χ2n) is 9.20. The Hall–Kier alpha value is -3.63. The summed E-state index contributed by atoms with van der Waals surface area (Å²) in [5.74, 6) is -1.75. The van der Waals surface area contributed by atoms with Gasteiger partial charge in [-0.05, 0) is 54.0 Å². The zero-order chi connectivity index (χ0) is 28.8. The highest BCUT2D eigenvalue weighted by Crippen LogP contribution is 2.51. The molecule has 2 aliphatic heterocycles. The van der Waals surface area contributed by atoms with Crippen LogP contribution >= 0.6 is 23.2 Å². The fourth-order valence-electron chi connectivity index (χ4n) is 5.01. The lowest BCUT2D eigenvalue weighted by atomic mass is 9.89. The molecule has 40 heavy (non-hydrogen) atoms. The maximum atomic E-state index is 14.6. The molecule has 206 valence electrons. The van der Waals surface area contributed by atoms with Gasteiger partial charge in [0.25, 0.3) is 0 Å². The second-order valence-corrected chi connectivity index (χ2v) is 11.9. The van der Waals surface area contributed by atoms with Crippen molar-refractivity contribution < 1.29 is 27.5 Å². The molecular formula is C29H24Cl2N2O6S. The van der Waals surface area contributed by atoms with Crippen molar-refractivity contribution in [1.29, 1.82) is 0 Å². The zero-order valence-corrected chi connectivity index (χ0v) is 24.0. The molecule has 3 aromatic carbocycles. The van der Waals surface area contributed by atoms with Gasteiger partial charge in [0.15, 0.2) is 0 Å². The van der Waals surface area contributed by atoms with E-state index >= 15 is 0 Å². The Morgan fingerprint density at radius 1 is 0.875 bits per heavy atom. The van der Waals surface area contributed by atoms with Crippen LogP contribution in [0.4, 0.5) is 0 Å². The topological polar surface area (TPSA) is 93.2 Å². The Balaban J connectivity index is 1.92. The van der Waals surface area contributed by atoms with E-state index < -0.39 is 34.2 Å². The third-order valence-corrected chi connectivity index (χ3v) is 9.45. The maximum Gasteiger partial charge on any atom is 0.355 e. The van der Waals surface area contributed by atoms with Crippen LogP contribution in [0.1, 0.15) is 34.5 Å². The minimum atomic E-state index is -4.36. The predicted octanol–water partition coefficient (Wildman–Crippen LogP) is 5.63. The summed E-state index contributed by atoms with van der Waals surface area (Å²) in [6.45, 7) is 1.85. The van der Waals surface area contributed by atoms with Crippen LogP contribution in [0.25, 0.3) is 6.08 Å². The van der Waals surface area contributed by atoms with E-state index in [1.165, 1.54) is 40.6 Å². The van der Waals surface area contributed by atoms with Crippen LogP contribution in [0.2, 0.25) is 10.0 Å². The SMILES string of the molecule is COC(=O)C1=C(C(=O)OC)N2C=Cc3ccccc3[C@@H]2N(S(=O)(=O)c2ccc(C)cc2)[C@H]1c1ccc(Cl)c(Cl)c1. The van der Waals surface area contributed by atoms with Crippen molar-refractivity contribution in [2.75, 3.05) is 14.2 Å². The van der Waals surface area contributed by atoms with Crippen molar-refractivity contribution in [3.05, 3.63) is 116 Å². The van der Waals surface area contributed by atoms with Crippen molar-refractivity contribution >= 4 is 51.2 Å². The molecular weight excluding hydrogens is 575 g/mol. The lowest BCUT2D eigenvalue weighted by molar-refractivity contribution is -0.143. The lowest BCUT2D eigenvalue weighted by Gasteiger charge is -2.49. The van der Waals surface area contributed by atoms with Crippen LogP contribution in [-0.4, -0.2) is 43.8 Å². The first-order valence-electron chi connectivity index (χ1n) is 12.1. The number of ether oxygens (including phenoxy) is 2. The number of halogens is 2. The average molecular weight is 599 g/mol. The van der Waals surface area contributed by atoms with Crippen LogP contribution in [0.15, 0.2) is 89.1 Å². The van der Waals surface area contributed by atoms with Crippen molar-refractivity contribution in [2.45, 2.75) is 24.0 Å². The van der Waals surface area contributed by atoms with E-state index in [-0.39, 0.29) is 26.2 Å².